The van der Waals surface area contributed by atoms with Crippen LogP contribution in [-0.2, 0) is 4.74 Å². The molecule has 5 nitrogen and oxygen atoms in total. The molecule has 5 heteroatoms. The average Bonchev–Trinajstić information content (AvgIpc) is 2.30. The Morgan fingerprint density at radius 1 is 0.565 bits per heavy atom. The Balaban J connectivity index is 4.97. The van der Waals surface area contributed by atoms with Crippen molar-refractivity contribution in [2.24, 2.45) is 0 Å². The topological polar surface area (TPSA) is 22.2 Å². The number of rotatable bonds is 10. The molecule has 0 rings (SSSR count). The Kier molecular flexibility index (Phi) is 8.69. The number of nitrogens with zero attached hydrogens (tertiary/aromatic N) is 4. The lowest BCUT2D eigenvalue weighted by atomic mass is 9.96. The highest BCUT2D eigenvalue weighted by atomic mass is 16.5. The molecule has 0 unspecified atom stereocenters. The third-order valence-electron chi connectivity index (χ3n) is 4.29. The molecular formula is C18H42N4O. The predicted molar refractivity (Wildman–Crippen MR) is 101 cm³/mol. The summed E-state index contributed by atoms with van der Waals surface area (Å²) < 4.78 is 6.58. The molecule has 0 spiro atoms. The molecule has 0 bridgehead atoms. The quantitative estimate of drug-likeness (QED) is 0.571. The largest absolute Gasteiger partial charge is 0.369 e. The second kappa shape index (κ2) is 8.77. The van der Waals surface area contributed by atoms with Crippen molar-refractivity contribution in [3.05, 3.63) is 0 Å². The molecule has 0 heterocycles. The molecule has 0 aromatic carbocycles. The predicted octanol–water partition coefficient (Wildman–Crippen LogP) is 2.24. The summed E-state index contributed by atoms with van der Waals surface area (Å²) in [6.07, 6.45) is 2.65. The maximum Gasteiger partial charge on any atom is 0.0661 e. The summed E-state index contributed by atoms with van der Waals surface area (Å²) in [7, 11) is 17.0. The zero-order chi connectivity index (χ0) is 18.6. The molecule has 0 amide bonds. The van der Waals surface area contributed by atoms with Gasteiger partial charge < -0.3 is 4.74 Å². The third kappa shape index (κ3) is 8.45. The van der Waals surface area contributed by atoms with Gasteiger partial charge in [0.25, 0.3) is 0 Å². The van der Waals surface area contributed by atoms with E-state index in [1.54, 1.807) is 0 Å². The molecule has 0 aliphatic rings. The molecule has 0 aliphatic heterocycles. The molecule has 0 aliphatic carbocycles. The van der Waals surface area contributed by atoms with E-state index in [1.165, 1.54) is 0 Å². The summed E-state index contributed by atoms with van der Waals surface area (Å²) in [5.41, 5.74) is -0.377. The lowest BCUT2D eigenvalue weighted by Gasteiger charge is -2.44. The first kappa shape index (κ1) is 22.8. The van der Waals surface area contributed by atoms with E-state index in [0.29, 0.717) is 12.3 Å². The van der Waals surface area contributed by atoms with Crippen molar-refractivity contribution in [3.8, 4) is 0 Å². The molecule has 0 atom stereocenters. The Morgan fingerprint density at radius 2 is 0.783 bits per heavy atom. The Morgan fingerprint density at radius 3 is 0.957 bits per heavy atom. The fraction of sp³-hybridized carbons (Fsp3) is 1.00. The third-order valence-corrected chi connectivity index (χ3v) is 4.29. The van der Waals surface area contributed by atoms with E-state index >= 15 is 0 Å². The van der Waals surface area contributed by atoms with E-state index in [2.05, 4.69) is 104 Å². The summed E-state index contributed by atoms with van der Waals surface area (Å²) in [5.74, 6) is 0. The molecule has 0 aromatic rings. The van der Waals surface area contributed by atoms with Crippen LogP contribution in [0.25, 0.3) is 0 Å². The number of hydrogen-bond acceptors (Lipinski definition) is 5. The lowest BCUT2D eigenvalue weighted by molar-refractivity contribution is -0.153. The van der Waals surface area contributed by atoms with E-state index in [-0.39, 0.29) is 11.2 Å². The molecule has 140 valence electrons. The van der Waals surface area contributed by atoms with E-state index in [9.17, 15) is 0 Å². The molecule has 0 aromatic heterocycles. The summed E-state index contributed by atoms with van der Waals surface area (Å²) in [4.78, 5) is 9.00. The smallest absolute Gasteiger partial charge is 0.0661 e. The number of ether oxygens (including phenoxy) is 1. The first-order valence-electron chi connectivity index (χ1n) is 8.54. The SMILES string of the molecule is CN(C)C(CC(C)(C)OC(C)(C)CC(N(C)C)N(C)C)N(C)C. The van der Waals surface area contributed by atoms with Gasteiger partial charge in [0.05, 0.1) is 23.5 Å². The van der Waals surface area contributed by atoms with Crippen molar-refractivity contribution in [3.63, 3.8) is 0 Å². The Bertz CT molecular complexity index is 290. The molecule has 0 radical (unpaired) electrons. The molecule has 0 N–H and O–H groups in total. The van der Waals surface area contributed by atoms with Crippen LogP contribution < -0.4 is 0 Å². The monoisotopic (exact) mass is 330 g/mol. The normalized spacial score (nSPS) is 14.3. The van der Waals surface area contributed by atoms with Crippen LogP contribution in [-0.4, -0.2) is 99.5 Å². The van der Waals surface area contributed by atoms with Crippen LogP contribution in [0.15, 0.2) is 0 Å². The van der Waals surface area contributed by atoms with Gasteiger partial charge in [-0.2, -0.15) is 0 Å². The van der Waals surface area contributed by atoms with Crippen molar-refractivity contribution in [1.29, 1.82) is 0 Å². The summed E-state index contributed by atoms with van der Waals surface area (Å²) in [6, 6.07) is 0. The standard InChI is InChI=1S/C18H42N4O/c1-17(2,13-15(19(5)6)20(7)8)23-18(3,4)14-16(21(9)10)22(11)12/h15-16H,13-14H2,1-12H3. The number of hydrogen-bond donors (Lipinski definition) is 0. The highest BCUT2D eigenvalue weighted by Crippen LogP contribution is 2.30. The maximum absolute atomic E-state index is 6.58. The van der Waals surface area contributed by atoms with Crippen LogP contribution in [0.5, 0.6) is 0 Å². The van der Waals surface area contributed by atoms with Crippen LogP contribution in [0, 0.1) is 0 Å². The first-order chi connectivity index (χ1) is 10.2. The van der Waals surface area contributed by atoms with Gasteiger partial charge in [0.1, 0.15) is 0 Å². The molecule has 0 saturated heterocycles. The van der Waals surface area contributed by atoms with Gasteiger partial charge in [0.15, 0.2) is 0 Å². The van der Waals surface area contributed by atoms with Crippen molar-refractivity contribution < 1.29 is 4.74 Å². The minimum absolute atomic E-state index is 0.189. The minimum atomic E-state index is -0.189. The Labute approximate surface area is 145 Å². The van der Waals surface area contributed by atoms with Gasteiger partial charge in [-0.25, -0.2) is 0 Å². The average molecular weight is 331 g/mol. The van der Waals surface area contributed by atoms with Gasteiger partial charge in [-0.05, 0) is 84.1 Å². The van der Waals surface area contributed by atoms with Gasteiger partial charge in [-0.3, -0.25) is 19.6 Å². The summed E-state index contributed by atoms with van der Waals surface area (Å²) in [6.45, 7) is 8.81. The van der Waals surface area contributed by atoms with E-state index in [4.69, 9.17) is 4.74 Å². The molecule has 0 fully saturated rings. The minimum Gasteiger partial charge on any atom is -0.369 e. The lowest BCUT2D eigenvalue weighted by Crippen LogP contribution is -2.50. The second-order valence-corrected chi connectivity index (χ2v) is 8.85. The van der Waals surface area contributed by atoms with Crippen LogP contribution in [0.4, 0.5) is 0 Å². The van der Waals surface area contributed by atoms with Gasteiger partial charge in [-0.1, -0.05) is 0 Å². The zero-order valence-corrected chi connectivity index (χ0v) is 17.8. The fourth-order valence-corrected chi connectivity index (χ4v) is 3.36. The van der Waals surface area contributed by atoms with Crippen molar-refractivity contribution in [2.75, 3.05) is 56.4 Å². The van der Waals surface area contributed by atoms with Crippen LogP contribution in [0.2, 0.25) is 0 Å². The van der Waals surface area contributed by atoms with Gasteiger partial charge in [-0.15, -0.1) is 0 Å². The summed E-state index contributed by atoms with van der Waals surface area (Å²) >= 11 is 0. The van der Waals surface area contributed by atoms with Crippen molar-refractivity contribution in [1.82, 2.24) is 19.6 Å². The molecular weight excluding hydrogens is 288 g/mol. The van der Waals surface area contributed by atoms with Gasteiger partial charge in [0, 0.05) is 12.8 Å². The van der Waals surface area contributed by atoms with Crippen LogP contribution in [0.3, 0.4) is 0 Å². The van der Waals surface area contributed by atoms with Crippen molar-refractivity contribution in [2.45, 2.75) is 64.1 Å². The van der Waals surface area contributed by atoms with Gasteiger partial charge in [0.2, 0.25) is 0 Å². The van der Waals surface area contributed by atoms with Crippen molar-refractivity contribution >= 4 is 0 Å². The zero-order valence-electron chi connectivity index (χ0n) is 17.8. The van der Waals surface area contributed by atoms with Crippen LogP contribution >= 0.6 is 0 Å². The molecule has 0 saturated carbocycles. The van der Waals surface area contributed by atoms with Crippen LogP contribution in [0.1, 0.15) is 40.5 Å². The highest BCUT2D eigenvalue weighted by molar-refractivity contribution is 4.84. The highest BCUT2D eigenvalue weighted by Gasteiger charge is 2.35. The second-order valence-electron chi connectivity index (χ2n) is 8.85. The van der Waals surface area contributed by atoms with E-state index in [0.717, 1.165) is 12.8 Å². The van der Waals surface area contributed by atoms with Gasteiger partial charge >= 0.3 is 0 Å². The molecule has 23 heavy (non-hydrogen) atoms. The van der Waals surface area contributed by atoms with E-state index < -0.39 is 0 Å². The Hall–Kier alpha value is -0.200. The fourth-order valence-electron chi connectivity index (χ4n) is 3.36. The summed E-state index contributed by atoms with van der Waals surface area (Å²) in [5, 5.41) is 0. The maximum atomic E-state index is 6.58. The van der Waals surface area contributed by atoms with E-state index in [1.807, 2.05) is 0 Å². The first-order valence-corrected chi connectivity index (χ1v) is 8.54.